The van der Waals surface area contributed by atoms with Gasteiger partial charge in [0.2, 0.25) is 5.91 Å². The van der Waals surface area contributed by atoms with Crippen molar-refractivity contribution in [2.24, 2.45) is 0 Å². The molecule has 2 aliphatic heterocycles. The maximum Gasteiger partial charge on any atom is 0.265 e. The van der Waals surface area contributed by atoms with Gasteiger partial charge >= 0.3 is 0 Å². The van der Waals surface area contributed by atoms with E-state index in [-0.39, 0.29) is 17.5 Å². The third-order valence-electron chi connectivity index (χ3n) is 6.10. The molecule has 1 saturated heterocycles. The Morgan fingerprint density at radius 3 is 2.73 bits per heavy atom. The molecule has 0 spiro atoms. The van der Waals surface area contributed by atoms with Crippen LogP contribution < -0.4 is 4.90 Å². The average Bonchev–Trinajstić information content (AvgIpc) is 3.13. The van der Waals surface area contributed by atoms with Gasteiger partial charge in [0.15, 0.2) is 5.82 Å². The molecule has 0 N–H and O–H groups in total. The van der Waals surface area contributed by atoms with Crippen LogP contribution in [0.5, 0.6) is 0 Å². The number of carbonyl (C=O) groups excluding carboxylic acids is 1. The minimum atomic E-state index is -2.59. The van der Waals surface area contributed by atoms with Crippen LogP contribution in [0.2, 0.25) is 0 Å². The quantitative estimate of drug-likeness (QED) is 0.759. The SMILES string of the molecule is CC(=O)N1CCc2c(c(N(C)c3cnc(C)c(C(F)F)c3)nn2C2CCOCC2)C1. The number of hydrogen-bond acceptors (Lipinski definition) is 5. The molecule has 1 amide bonds. The molecule has 2 aromatic rings. The van der Waals surface area contributed by atoms with Crippen LogP contribution in [0.1, 0.15) is 54.7 Å². The number of halogens is 2. The van der Waals surface area contributed by atoms with Gasteiger partial charge in [0.25, 0.3) is 6.43 Å². The largest absolute Gasteiger partial charge is 0.381 e. The summed E-state index contributed by atoms with van der Waals surface area (Å²) in [5, 5.41) is 4.92. The van der Waals surface area contributed by atoms with Crippen molar-refractivity contribution in [3.05, 3.63) is 34.8 Å². The summed E-state index contributed by atoms with van der Waals surface area (Å²) >= 11 is 0. The minimum Gasteiger partial charge on any atom is -0.381 e. The molecule has 4 heterocycles. The third kappa shape index (κ3) is 3.78. The van der Waals surface area contributed by atoms with Gasteiger partial charge in [-0.2, -0.15) is 5.10 Å². The van der Waals surface area contributed by atoms with Crippen LogP contribution in [0.25, 0.3) is 0 Å². The van der Waals surface area contributed by atoms with Crippen LogP contribution in [-0.2, 0) is 22.5 Å². The van der Waals surface area contributed by atoms with Crippen molar-refractivity contribution < 1.29 is 18.3 Å². The summed E-state index contributed by atoms with van der Waals surface area (Å²) in [6.07, 6.45) is 1.49. The molecule has 0 atom stereocenters. The maximum absolute atomic E-state index is 13.4. The summed E-state index contributed by atoms with van der Waals surface area (Å²) in [6.45, 7) is 5.66. The van der Waals surface area contributed by atoms with Crippen molar-refractivity contribution in [1.82, 2.24) is 19.7 Å². The lowest BCUT2D eigenvalue weighted by Gasteiger charge is -2.29. The normalized spacial score (nSPS) is 17.3. The second-order valence-corrected chi connectivity index (χ2v) is 7.96. The van der Waals surface area contributed by atoms with Crippen LogP contribution in [0.3, 0.4) is 0 Å². The van der Waals surface area contributed by atoms with E-state index in [2.05, 4.69) is 9.67 Å². The van der Waals surface area contributed by atoms with Crippen LogP contribution in [-0.4, -0.2) is 52.4 Å². The number of rotatable bonds is 4. The van der Waals surface area contributed by atoms with E-state index in [1.165, 1.54) is 6.07 Å². The van der Waals surface area contributed by atoms with Crippen LogP contribution >= 0.6 is 0 Å². The topological polar surface area (TPSA) is 63.5 Å². The van der Waals surface area contributed by atoms with E-state index in [0.29, 0.717) is 43.5 Å². The summed E-state index contributed by atoms with van der Waals surface area (Å²) in [6, 6.07) is 1.71. The summed E-state index contributed by atoms with van der Waals surface area (Å²) in [5.74, 6) is 0.707. The molecule has 2 aliphatic rings. The fourth-order valence-corrected chi connectivity index (χ4v) is 4.26. The molecule has 9 heteroatoms. The molecule has 7 nitrogen and oxygen atoms in total. The van der Waals surface area contributed by atoms with Crippen LogP contribution in [0.15, 0.2) is 12.3 Å². The molecule has 4 rings (SSSR count). The zero-order valence-corrected chi connectivity index (χ0v) is 17.6. The number of alkyl halides is 2. The fraction of sp³-hybridized carbons (Fsp3) is 0.571. The first-order chi connectivity index (χ1) is 14.4. The minimum absolute atomic E-state index is 0.0186. The Morgan fingerprint density at radius 2 is 2.07 bits per heavy atom. The molecule has 162 valence electrons. The number of pyridine rings is 1. The van der Waals surface area contributed by atoms with E-state index >= 15 is 0 Å². The van der Waals surface area contributed by atoms with Gasteiger partial charge in [-0.05, 0) is 25.8 Å². The van der Waals surface area contributed by atoms with Gasteiger partial charge in [0.05, 0.1) is 24.5 Å². The van der Waals surface area contributed by atoms with Crippen LogP contribution in [0, 0.1) is 6.92 Å². The Morgan fingerprint density at radius 1 is 1.33 bits per heavy atom. The van der Waals surface area contributed by atoms with Gasteiger partial charge < -0.3 is 14.5 Å². The van der Waals surface area contributed by atoms with E-state index < -0.39 is 6.43 Å². The summed E-state index contributed by atoms with van der Waals surface area (Å²) in [7, 11) is 1.81. The van der Waals surface area contributed by atoms with Gasteiger partial charge in [-0.25, -0.2) is 8.78 Å². The highest BCUT2D eigenvalue weighted by Crippen LogP contribution is 2.36. The number of aromatic nitrogens is 3. The zero-order valence-electron chi connectivity index (χ0n) is 17.6. The van der Waals surface area contributed by atoms with Crippen molar-refractivity contribution in [3.63, 3.8) is 0 Å². The molecule has 30 heavy (non-hydrogen) atoms. The van der Waals surface area contributed by atoms with Crippen molar-refractivity contribution in [2.75, 3.05) is 31.7 Å². The number of aryl methyl sites for hydroxylation is 1. The number of anilines is 2. The highest BCUT2D eigenvalue weighted by Gasteiger charge is 2.31. The number of ether oxygens (including phenoxy) is 1. The second-order valence-electron chi connectivity index (χ2n) is 7.96. The number of fused-ring (bicyclic) bond motifs is 1. The highest BCUT2D eigenvalue weighted by atomic mass is 19.3. The molecule has 2 aromatic heterocycles. The lowest BCUT2D eigenvalue weighted by molar-refractivity contribution is -0.129. The third-order valence-corrected chi connectivity index (χ3v) is 6.10. The molecule has 0 saturated carbocycles. The summed E-state index contributed by atoms with van der Waals surface area (Å²) in [5.41, 5.74) is 2.89. The van der Waals surface area contributed by atoms with Gasteiger partial charge in [-0.1, -0.05) is 0 Å². The first kappa shape index (κ1) is 20.7. The summed E-state index contributed by atoms with van der Waals surface area (Å²) < 4.78 is 34.4. The summed E-state index contributed by atoms with van der Waals surface area (Å²) in [4.78, 5) is 19.8. The smallest absolute Gasteiger partial charge is 0.265 e. The predicted octanol–water partition coefficient (Wildman–Crippen LogP) is 3.55. The Kier molecular flexibility index (Phi) is 5.73. The first-order valence-corrected chi connectivity index (χ1v) is 10.3. The lowest BCUT2D eigenvalue weighted by Crippen LogP contribution is -2.35. The van der Waals surface area contributed by atoms with Crippen molar-refractivity contribution in [2.45, 2.75) is 52.1 Å². The highest BCUT2D eigenvalue weighted by molar-refractivity contribution is 5.74. The van der Waals surface area contributed by atoms with E-state index in [1.54, 1.807) is 29.8 Å². The predicted molar refractivity (Wildman–Crippen MR) is 108 cm³/mol. The van der Waals surface area contributed by atoms with Crippen molar-refractivity contribution in [3.8, 4) is 0 Å². The Bertz CT molecular complexity index is 940. The number of hydrogen-bond donors (Lipinski definition) is 0. The van der Waals surface area contributed by atoms with E-state index in [4.69, 9.17) is 9.84 Å². The van der Waals surface area contributed by atoms with E-state index in [9.17, 15) is 13.6 Å². The molecule has 1 fully saturated rings. The Balaban J connectivity index is 1.76. The zero-order chi connectivity index (χ0) is 21.4. The average molecular weight is 419 g/mol. The second kappa shape index (κ2) is 8.29. The van der Waals surface area contributed by atoms with E-state index in [0.717, 1.165) is 30.5 Å². The van der Waals surface area contributed by atoms with Gasteiger partial charge in [-0.15, -0.1) is 0 Å². The lowest BCUT2D eigenvalue weighted by atomic mass is 10.0. The molecular formula is C21H27F2N5O2. The van der Waals surface area contributed by atoms with Gasteiger partial charge in [-0.3, -0.25) is 14.5 Å². The molecule has 0 aliphatic carbocycles. The van der Waals surface area contributed by atoms with Crippen molar-refractivity contribution in [1.29, 1.82) is 0 Å². The van der Waals surface area contributed by atoms with E-state index in [1.807, 2.05) is 7.05 Å². The first-order valence-electron chi connectivity index (χ1n) is 10.3. The molecule has 0 radical (unpaired) electrons. The molecular weight excluding hydrogens is 392 g/mol. The fourth-order valence-electron chi connectivity index (χ4n) is 4.26. The Labute approximate surface area is 174 Å². The number of nitrogens with zero attached hydrogens (tertiary/aromatic N) is 5. The van der Waals surface area contributed by atoms with Crippen molar-refractivity contribution >= 4 is 17.4 Å². The van der Waals surface area contributed by atoms with Crippen LogP contribution in [0.4, 0.5) is 20.3 Å². The maximum atomic E-state index is 13.4. The standard InChI is InChI=1S/C21H27F2N5O2/c1-13-17(20(22)23)10-16(11-24-13)26(3)21-18-12-27(14(2)29)7-4-19(18)28(25-21)15-5-8-30-9-6-15/h10-11,15,20H,4-9,12H2,1-3H3. The van der Waals surface area contributed by atoms with Gasteiger partial charge in [0.1, 0.15) is 0 Å². The molecule has 0 aromatic carbocycles. The molecule has 0 unspecified atom stereocenters. The van der Waals surface area contributed by atoms with Gasteiger partial charge in [0, 0.05) is 62.7 Å². The Hall–Kier alpha value is -2.55. The monoisotopic (exact) mass is 419 g/mol. The molecule has 0 bridgehead atoms. The number of amides is 1. The number of carbonyl (C=O) groups is 1.